The fourth-order valence-electron chi connectivity index (χ4n) is 5.33. The second-order valence-electron chi connectivity index (χ2n) is 9.05. The molecule has 4 atom stereocenters. The maximum Gasteiger partial charge on any atom is 0.281 e. The molecule has 0 saturated carbocycles. The lowest BCUT2D eigenvalue weighted by atomic mass is 9.73. The monoisotopic (exact) mass is 504 g/mol. The number of hydrogen-bond acceptors (Lipinski definition) is 5. The molecule has 1 aromatic heterocycles. The fraction of sp³-hybridized carbons (Fsp3) is 0.320. The average Bonchev–Trinajstić information content (AvgIpc) is 3.05. The van der Waals surface area contributed by atoms with E-state index in [0.29, 0.717) is 0 Å². The van der Waals surface area contributed by atoms with Gasteiger partial charge in [0.1, 0.15) is 35.6 Å². The van der Waals surface area contributed by atoms with E-state index in [2.05, 4.69) is 9.97 Å². The Morgan fingerprint density at radius 2 is 1.86 bits per heavy atom. The summed E-state index contributed by atoms with van der Waals surface area (Å²) in [6.45, 7) is 1.52. The highest BCUT2D eigenvalue weighted by atomic mass is 19.3. The molecule has 2 aliphatic rings. The third kappa shape index (κ3) is 3.51. The quantitative estimate of drug-likeness (QED) is 0.463. The van der Waals surface area contributed by atoms with Crippen LogP contribution in [0.3, 0.4) is 0 Å². The second kappa shape index (κ2) is 8.20. The third-order valence-electron chi connectivity index (χ3n) is 6.85. The molecule has 0 bridgehead atoms. The van der Waals surface area contributed by atoms with Gasteiger partial charge in [0.05, 0.1) is 11.6 Å². The van der Waals surface area contributed by atoms with Crippen molar-refractivity contribution in [2.75, 3.05) is 5.73 Å². The van der Waals surface area contributed by atoms with Crippen molar-refractivity contribution in [3.8, 4) is 17.2 Å². The smallest absolute Gasteiger partial charge is 0.281 e. The van der Waals surface area contributed by atoms with Gasteiger partial charge in [-0.2, -0.15) is 5.26 Å². The van der Waals surface area contributed by atoms with E-state index in [1.54, 1.807) is 6.07 Å². The number of aliphatic hydroxyl groups excluding tert-OH is 1. The number of aromatic nitrogens is 2. The fourth-order valence-corrected chi connectivity index (χ4v) is 5.33. The van der Waals surface area contributed by atoms with E-state index in [1.165, 1.54) is 6.92 Å². The largest absolute Gasteiger partial charge is 0.383 e. The highest BCUT2D eigenvalue weighted by molar-refractivity contribution is 5.79. The van der Waals surface area contributed by atoms with Gasteiger partial charge in [-0.3, -0.25) is 0 Å². The molecule has 2 aromatic carbocycles. The van der Waals surface area contributed by atoms with Crippen LogP contribution in [0, 0.1) is 29.9 Å². The topological polar surface area (TPSA) is 95.8 Å². The number of nitrogens with two attached hydrogens (primary N) is 1. The number of alkyl halides is 4. The highest BCUT2D eigenvalue weighted by Gasteiger charge is 2.51. The summed E-state index contributed by atoms with van der Waals surface area (Å²) in [6, 6.07) is 4.21. The first-order valence-electron chi connectivity index (χ1n) is 11.0. The number of halogens is 6. The molecule has 0 unspecified atom stereocenters. The SMILES string of the molecule is Cc1ncc(-c2c(F)cc([C@H]3C[C@H](F)[C@H](F)c4cc(F)cc(C#N)c43)c3c2[C@H](O)C(F)(F)C3)c(N)n1. The lowest BCUT2D eigenvalue weighted by Gasteiger charge is -2.33. The van der Waals surface area contributed by atoms with E-state index in [1.807, 2.05) is 0 Å². The van der Waals surface area contributed by atoms with Crippen LogP contribution in [0.1, 0.15) is 63.8 Å². The van der Waals surface area contributed by atoms with Gasteiger partial charge in [0, 0.05) is 35.2 Å². The zero-order valence-electron chi connectivity index (χ0n) is 18.7. The third-order valence-corrected chi connectivity index (χ3v) is 6.85. The molecular formula is C25H18F6N4O. The summed E-state index contributed by atoms with van der Waals surface area (Å²) in [5.74, 6) is -6.95. The number of nitrogen functional groups attached to an aromatic ring is 1. The Hall–Kier alpha value is -3.65. The van der Waals surface area contributed by atoms with Gasteiger partial charge in [-0.05, 0) is 53.8 Å². The van der Waals surface area contributed by atoms with E-state index < -0.39 is 71.5 Å². The molecule has 0 aliphatic heterocycles. The summed E-state index contributed by atoms with van der Waals surface area (Å²) >= 11 is 0. The Labute approximate surface area is 201 Å². The molecule has 5 rings (SSSR count). The molecular weight excluding hydrogens is 486 g/mol. The summed E-state index contributed by atoms with van der Waals surface area (Å²) in [5.41, 5.74) is 3.73. The van der Waals surface area contributed by atoms with Crippen LogP contribution in [0.25, 0.3) is 11.1 Å². The first kappa shape index (κ1) is 24.1. The van der Waals surface area contributed by atoms with Crippen LogP contribution in [0.2, 0.25) is 0 Å². The van der Waals surface area contributed by atoms with Gasteiger partial charge in [-0.1, -0.05) is 0 Å². The maximum absolute atomic E-state index is 15.7. The van der Waals surface area contributed by atoms with E-state index in [-0.39, 0.29) is 39.5 Å². The summed E-state index contributed by atoms with van der Waals surface area (Å²) in [4.78, 5) is 7.88. The van der Waals surface area contributed by atoms with Crippen molar-refractivity contribution in [3.63, 3.8) is 0 Å². The van der Waals surface area contributed by atoms with Crippen LogP contribution < -0.4 is 5.73 Å². The zero-order chi connectivity index (χ0) is 26.1. The van der Waals surface area contributed by atoms with E-state index in [0.717, 1.165) is 24.4 Å². The minimum absolute atomic E-state index is 0.0995. The van der Waals surface area contributed by atoms with E-state index >= 15 is 4.39 Å². The van der Waals surface area contributed by atoms with Crippen LogP contribution in [0.4, 0.5) is 32.2 Å². The summed E-state index contributed by atoms with van der Waals surface area (Å²) < 4.78 is 88.9. The second-order valence-corrected chi connectivity index (χ2v) is 9.05. The average molecular weight is 504 g/mol. The number of hydrogen-bond donors (Lipinski definition) is 2. The first-order valence-corrected chi connectivity index (χ1v) is 11.0. The number of aryl methyl sites for hydroxylation is 1. The van der Waals surface area contributed by atoms with E-state index in [4.69, 9.17) is 5.73 Å². The van der Waals surface area contributed by atoms with Crippen LogP contribution in [0.5, 0.6) is 0 Å². The molecule has 3 N–H and O–H groups in total. The molecule has 2 aliphatic carbocycles. The molecule has 3 aromatic rings. The number of anilines is 1. The van der Waals surface area contributed by atoms with Gasteiger partial charge in [-0.15, -0.1) is 0 Å². The Bertz CT molecular complexity index is 1450. The van der Waals surface area contributed by atoms with Gasteiger partial charge >= 0.3 is 0 Å². The molecule has 0 amide bonds. The number of nitriles is 1. The Morgan fingerprint density at radius 1 is 1.14 bits per heavy atom. The lowest BCUT2D eigenvalue weighted by Crippen LogP contribution is -2.26. The Kier molecular flexibility index (Phi) is 5.48. The predicted molar refractivity (Wildman–Crippen MR) is 117 cm³/mol. The molecule has 0 fully saturated rings. The summed E-state index contributed by atoms with van der Waals surface area (Å²) in [7, 11) is 0. The van der Waals surface area contributed by atoms with Gasteiger partial charge in [0.15, 0.2) is 6.17 Å². The lowest BCUT2D eigenvalue weighted by molar-refractivity contribution is -0.0967. The molecule has 5 nitrogen and oxygen atoms in total. The number of nitrogens with zero attached hydrogens (tertiary/aromatic N) is 3. The van der Waals surface area contributed by atoms with Crippen molar-refractivity contribution in [2.45, 2.75) is 50.1 Å². The van der Waals surface area contributed by atoms with Crippen LogP contribution in [-0.2, 0) is 6.42 Å². The Morgan fingerprint density at radius 3 is 2.53 bits per heavy atom. The summed E-state index contributed by atoms with van der Waals surface area (Å²) in [5, 5.41) is 20.1. The van der Waals surface area contributed by atoms with Crippen molar-refractivity contribution in [3.05, 3.63) is 75.2 Å². The number of fused-ring (bicyclic) bond motifs is 2. The number of aliphatic hydroxyl groups is 1. The minimum atomic E-state index is -3.71. The molecule has 36 heavy (non-hydrogen) atoms. The standard InChI is InChI=1S/C25H18F6N4O/c1-9-34-8-16(24(33)35-9)20-17(27)4-12(15-6-25(30,31)23(36)21(15)20)13-5-18(28)22(29)14-3-11(26)2-10(7-32)19(13)14/h2-4,8,13,18,22-23,36H,5-6H2,1H3,(H2,33,34,35)/t13-,18+,22-,23+/m1/s1. The van der Waals surface area contributed by atoms with Gasteiger partial charge < -0.3 is 10.8 Å². The van der Waals surface area contributed by atoms with Crippen molar-refractivity contribution in [1.29, 1.82) is 5.26 Å². The van der Waals surface area contributed by atoms with E-state index in [9.17, 15) is 32.3 Å². The van der Waals surface area contributed by atoms with Crippen LogP contribution in [0.15, 0.2) is 24.4 Å². The molecule has 0 radical (unpaired) electrons. The molecule has 0 spiro atoms. The number of benzene rings is 2. The predicted octanol–water partition coefficient (Wildman–Crippen LogP) is 5.29. The first-order chi connectivity index (χ1) is 16.9. The highest BCUT2D eigenvalue weighted by Crippen LogP contribution is 2.54. The van der Waals surface area contributed by atoms with Crippen molar-refractivity contribution >= 4 is 5.82 Å². The molecule has 0 saturated heterocycles. The van der Waals surface area contributed by atoms with Crippen LogP contribution in [-0.4, -0.2) is 27.2 Å². The van der Waals surface area contributed by atoms with Crippen molar-refractivity contribution in [1.82, 2.24) is 9.97 Å². The van der Waals surface area contributed by atoms with Gasteiger partial charge in [0.25, 0.3) is 5.92 Å². The maximum atomic E-state index is 15.7. The van der Waals surface area contributed by atoms with Gasteiger partial charge in [0.2, 0.25) is 0 Å². The molecule has 186 valence electrons. The van der Waals surface area contributed by atoms with Crippen LogP contribution >= 0.6 is 0 Å². The molecule has 11 heteroatoms. The van der Waals surface area contributed by atoms with Crippen molar-refractivity contribution in [2.24, 2.45) is 0 Å². The normalized spacial score (nSPS) is 24.2. The Balaban J connectivity index is 1.82. The number of rotatable bonds is 2. The summed E-state index contributed by atoms with van der Waals surface area (Å²) in [6.07, 6.45) is -7.33. The zero-order valence-corrected chi connectivity index (χ0v) is 18.7. The van der Waals surface area contributed by atoms with Gasteiger partial charge in [-0.25, -0.2) is 36.3 Å². The minimum Gasteiger partial charge on any atom is -0.383 e. The van der Waals surface area contributed by atoms with Crippen molar-refractivity contribution < 1.29 is 31.4 Å². The molecule has 1 heterocycles.